The zero-order valence-corrected chi connectivity index (χ0v) is 22.2. The van der Waals surface area contributed by atoms with Gasteiger partial charge in [0, 0.05) is 30.0 Å². The molecule has 1 aliphatic heterocycles. The van der Waals surface area contributed by atoms with Crippen LogP contribution in [0.15, 0.2) is 85.1 Å². The summed E-state index contributed by atoms with van der Waals surface area (Å²) in [5.74, 6) is 0.252. The van der Waals surface area contributed by atoms with Crippen molar-refractivity contribution in [2.75, 3.05) is 18.0 Å². The van der Waals surface area contributed by atoms with Crippen LogP contribution in [0.5, 0.6) is 0 Å². The first-order valence-corrected chi connectivity index (χ1v) is 13.4. The average molecular weight is 540 g/mol. The highest BCUT2D eigenvalue weighted by Crippen LogP contribution is 2.43. The molecule has 0 radical (unpaired) electrons. The molecule has 196 valence electrons. The number of aromatic nitrogens is 4. The number of hydrogen-bond acceptors (Lipinski definition) is 5. The number of carbonyl (C=O) groups is 1. The fraction of sp³-hybridized carbons (Fsp3) is 0.226. The van der Waals surface area contributed by atoms with E-state index in [1.54, 1.807) is 23.0 Å². The van der Waals surface area contributed by atoms with Crippen molar-refractivity contribution in [1.29, 1.82) is 0 Å². The van der Waals surface area contributed by atoms with E-state index in [4.69, 9.17) is 16.7 Å². The minimum absolute atomic E-state index is 0.117. The summed E-state index contributed by atoms with van der Waals surface area (Å²) < 4.78 is 15.6. The smallest absolute Gasteiger partial charge is 0.179 e. The molecular weight excluding hydrogens is 513 g/mol. The molecule has 8 heteroatoms. The van der Waals surface area contributed by atoms with E-state index in [1.165, 1.54) is 17.7 Å². The van der Waals surface area contributed by atoms with Crippen molar-refractivity contribution >= 4 is 34.6 Å². The minimum atomic E-state index is -0.313. The number of piperidine rings is 1. The molecule has 2 aromatic heterocycles. The quantitative estimate of drug-likeness (QED) is 0.226. The van der Waals surface area contributed by atoms with Crippen LogP contribution in [0.3, 0.4) is 0 Å². The van der Waals surface area contributed by atoms with Gasteiger partial charge in [-0.15, -0.1) is 5.10 Å². The Hall–Kier alpha value is -4.10. The van der Waals surface area contributed by atoms with E-state index in [1.807, 2.05) is 49.4 Å². The van der Waals surface area contributed by atoms with Crippen molar-refractivity contribution in [3.63, 3.8) is 0 Å². The van der Waals surface area contributed by atoms with E-state index < -0.39 is 0 Å². The van der Waals surface area contributed by atoms with E-state index in [0.717, 1.165) is 35.8 Å². The maximum atomic E-state index is 13.8. The van der Waals surface area contributed by atoms with Gasteiger partial charge >= 0.3 is 0 Å². The lowest BCUT2D eigenvalue weighted by Gasteiger charge is -2.44. The Balaban J connectivity index is 1.45. The molecule has 0 saturated carbocycles. The monoisotopic (exact) mass is 539 g/mol. The van der Waals surface area contributed by atoms with Crippen LogP contribution < -0.4 is 4.90 Å². The van der Waals surface area contributed by atoms with Crippen molar-refractivity contribution in [3.05, 3.63) is 101 Å². The Morgan fingerprint density at radius 3 is 2.36 bits per heavy atom. The topological polar surface area (TPSA) is 63.9 Å². The molecule has 6 rings (SSSR count). The molecule has 0 bridgehead atoms. The predicted molar refractivity (Wildman–Crippen MR) is 152 cm³/mol. The SMILES string of the molecule is CC(C=O)C1(c2ccccc2)CCN(c2nncc3c(-c4ccc(F)cc4)n(-c4ccccc4Cl)nc23)CC1. The first-order chi connectivity index (χ1) is 19.0. The lowest BCUT2D eigenvalue weighted by molar-refractivity contribution is -0.112. The number of nitrogens with zero attached hydrogens (tertiary/aromatic N) is 5. The lowest BCUT2D eigenvalue weighted by atomic mass is 9.65. The van der Waals surface area contributed by atoms with Crippen LogP contribution in [0.1, 0.15) is 25.3 Å². The highest BCUT2D eigenvalue weighted by atomic mass is 35.5. The van der Waals surface area contributed by atoms with Gasteiger partial charge in [-0.1, -0.05) is 61.0 Å². The van der Waals surface area contributed by atoms with Crippen LogP contribution in [0.2, 0.25) is 5.02 Å². The van der Waals surface area contributed by atoms with Gasteiger partial charge < -0.3 is 9.69 Å². The molecule has 3 heterocycles. The summed E-state index contributed by atoms with van der Waals surface area (Å²) in [7, 11) is 0. The standard InChI is InChI=1S/C31H27ClFN5O/c1-21(20-39)31(23-7-3-2-4-8-23)15-17-37(18-16-31)30-28-25(19-34-35-30)29(22-11-13-24(33)14-12-22)38(36-28)27-10-6-5-9-26(27)32/h2-14,19-21H,15-18H2,1H3. The Morgan fingerprint density at radius 2 is 1.67 bits per heavy atom. The van der Waals surface area contributed by atoms with Crippen molar-refractivity contribution < 1.29 is 9.18 Å². The summed E-state index contributed by atoms with van der Waals surface area (Å²) in [6.45, 7) is 3.41. The van der Waals surface area contributed by atoms with Gasteiger partial charge in [0.1, 0.15) is 17.6 Å². The fourth-order valence-corrected chi connectivity index (χ4v) is 6.04. The normalized spacial score (nSPS) is 15.8. The molecule has 0 aliphatic carbocycles. The van der Waals surface area contributed by atoms with E-state index in [2.05, 4.69) is 27.2 Å². The predicted octanol–water partition coefficient (Wildman–Crippen LogP) is 6.65. The third-order valence-electron chi connectivity index (χ3n) is 8.05. The summed E-state index contributed by atoms with van der Waals surface area (Å²) >= 11 is 6.60. The third-order valence-corrected chi connectivity index (χ3v) is 8.37. The number of fused-ring (bicyclic) bond motifs is 1. The molecule has 6 nitrogen and oxygen atoms in total. The van der Waals surface area contributed by atoms with Gasteiger partial charge in [0.15, 0.2) is 5.82 Å². The van der Waals surface area contributed by atoms with E-state index in [-0.39, 0.29) is 17.2 Å². The van der Waals surface area contributed by atoms with Gasteiger partial charge in [0.25, 0.3) is 0 Å². The van der Waals surface area contributed by atoms with Crippen LogP contribution in [-0.2, 0) is 10.2 Å². The largest absolute Gasteiger partial charge is 0.353 e. The van der Waals surface area contributed by atoms with Crippen molar-refractivity contribution in [2.45, 2.75) is 25.2 Å². The average Bonchev–Trinajstić information content (AvgIpc) is 3.37. The zero-order valence-electron chi connectivity index (χ0n) is 21.5. The molecule has 0 amide bonds. The second-order valence-electron chi connectivity index (χ2n) is 10.1. The molecule has 1 saturated heterocycles. The molecule has 0 N–H and O–H groups in total. The first kappa shape index (κ1) is 25.2. The number of carbonyl (C=O) groups excluding carboxylic acids is 1. The molecule has 39 heavy (non-hydrogen) atoms. The van der Waals surface area contributed by atoms with Crippen LogP contribution in [0.4, 0.5) is 10.2 Å². The van der Waals surface area contributed by atoms with E-state index in [0.29, 0.717) is 35.1 Å². The highest BCUT2D eigenvalue weighted by Gasteiger charge is 2.41. The molecule has 1 atom stereocenters. The van der Waals surface area contributed by atoms with Gasteiger partial charge in [-0.05, 0) is 54.8 Å². The number of anilines is 1. The fourth-order valence-electron chi connectivity index (χ4n) is 5.83. The maximum Gasteiger partial charge on any atom is 0.179 e. The number of para-hydroxylation sites is 1. The van der Waals surface area contributed by atoms with Crippen molar-refractivity contribution in [2.24, 2.45) is 5.92 Å². The number of hydrogen-bond donors (Lipinski definition) is 0. The van der Waals surface area contributed by atoms with Gasteiger partial charge in [-0.3, -0.25) is 0 Å². The second kappa shape index (κ2) is 10.2. The van der Waals surface area contributed by atoms with Crippen LogP contribution in [0, 0.1) is 11.7 Å². The Kier molecular flexibility index (Phi) is 6.61. The second-order valence-corrected chi connectivity index (χ2v) is 10.5. The lowest BCUT2D eigenvalue weighted by Crippen LogP contribution is -2.47. The molecule has 5 aromatic rings. The van der Waals surface area contributed by atoms with Crippen LogP contribution in [0.25, 0.3) is 27.8 Å². The third kappa shape index (κ3) is 4.36. The van der Waals surface area contributed by atoms with Gasteiger partial charge in [0.2, 0.25) is 0 Å². The first-order valence-electron chi connectivity index (χ1n) is 13.0. The van der Waals surface area contributed by atoms with E-state index in [9.17, 15) is 9.18 Å². The zero-order chi connectivity index (χ0) is 27.0. The van der Waals surface area contributed by atoms with Gasteiger partial charge in [0.05, 0.1) is 28.0 Å². The molecule has 0 spiro atoms. The number of benzene rings is 3. The molecule has 1 fully saturated rings. The number of rotatable bonds is 6. The summed E-state index contributed by atoms with van der Waals surface area (Å²) in [4.78, 5) is 14.2. The number of halogens is 2. The molecule has 1 unspecified atom stereocenters. The Labute approximate surface area is 231 Å². The van der Waals surface area contributed by atoms with Crippen LogP contribution >= 0.6 is 11.6 Å². The summed E-state index contributed by atoms with van der Waals surface area (Å²) in [6.07, 6.45) is 4.37. The van der Waals surface area contributed by atoms with Crippen molar-refractivity contribution in [1.82, 2.24) is 20.0 Å². The molecular formula is C31H27ClFN5O. The van der Waals surface area contributed by atoms with E-state index >= 15 is 0 Å². The van der Waals surface area contributed by atoms with Crippen LogP contribution in [-0.4, -0.2) is 39.4 Å². The Morgan fingerprint density at radius 1 is 0.974 bits per heavy atom. The summed E-state index contributed by atoms with van der Waals surface area (Å²) in [5, 5.41) is 15.2. The minimum Gasteiger partial charge on any atom is -0.353 e. The van der Waals surface area contributed by atoms with Crippen molar-refractivity contribution in [3.8, 4) is 16.9 Å². The van der Waals surface area contributed by atoms with Gasteiger partial charge in [-0.2, -0.15) is 10.2 Å². The highest BCUT2D eigenvalue weighted by molar-refractivity contribution is 6.32. The number of aldehydes is 1. The molecule has 1 aliphatic rings. The summed E-state index contributed by atoms with van der Waals surface area (Å²) in [6, 6.07) is 24.1. The summed E-state index contributed by atoms with van der Waals surface area (Å²) in [5.41, 5.74) is 3.91. The maximum absolute atomic E-state index is 13.8. The van der Waals surface area contributed by atoms with Gasteiger partial charge in [-0.25, -0.2) is 9.07 Å². The Bertz CT molecular complexity index is 1630. The molecule has 3 aromatic carbocycles.